The van der Waals surface area contributed by atoms with E-state index in [-0.39, 0.29) is 0 Å². The number of halogens is 4. The van der Waals surface area contributed by atoms with Gasteiger partial charge in [-0.25, -0.2) is 8.78 Å². The Labute approximate surface area is 49.7 Å². The minimum absolute atomic E-state index is 0.394. The normalized spacial score (nSPS) is 9.29. The number of allylic oxidation sites excluding steroid dienone is 1. The molecule has 0 aliphatic rings. The fourth-order valence-corrected chi connectivity index (χ4v) is 0.286. The first-order valence-corrected chi connectivity index (χ1v) is 2.19. The third-order valence-electron chi connectivity index (χ3n) is 0.252. The number of rotatable bonds is 1. The average Bonchev–Trinajstić information content (AvgIpc) is 1.27. The molecule has 0 fully saturated rings. The van der Waals surface area contributed by atoms with Crippen LogP contribution in [0.2, 0.25) is 0 Å². The largest absolute Gasteiger partial charge is 0.259 e. The van der Waals surface area contributed by atoms with Crippen LogP contribution < -0.4 is 0 Å². The van der Waals surface area contributed by atoms with Crippen molar-refractivity contribution in [3.63, 3.8) is 0 Å². The molecule has 0 nitrogen and oxygen atoms in total. The molecule has 0 bridgehead atoms. The molecule has 0 N–H and O–H groups in total. The molecular formula is C3H2Cl2F2. The van der Waals surface area contributed by atoms with E-state index in [0.29, 0.717) is 6.08 Å². The van der Waals surface area contributed by atoms with Crippen LogP contribution in [-0.4, -0.2) is 6.43 Å². The Balaban J connectivity index is 3.45. The van der Waals surface area contributed by atoms with Crippen LogP contribution in [0.15, 0.2) is 10.6 Å². The van der Waals surface area contributed by atoms with E-state index < -0.39 is 10.9 Å². The fraction of sp³-hybridized carbons (Fsp3) is 0.333. The molecule has 7 heavy (non-hydrogen) atoms. The van der Waals surface area contributed by atoms with E-state index >= 15 is 0 Å². The molecule has 0 radical (unpaired) electrons. The Morgan fingerprint density at radius 2 is 1.86 bits per heavy atom. The maximum atomic E-state index is 11.0. The van der Waals surface area contributed by atoms with Crippen LogP contribution in [0.5, 0.6) is 0 Å². The summed E-state index contributed by atoms with van der Waals surface area (Å²) in [6, 6.07) is 0. The molecule has 0 aliphatic carbocycles. The minimum Gasteiger partial charge on any atom is -0.206 e. The van der Waals surface area contributed by atoms with Gasteiger partial charge in [-0.05, 0) is 0 Å². The lowest BCUT2D eigenvalue weighted by Gasteiger charge is -1.82. The highest BCUT2D eigenvalue weighted by atomic mass is 35.5. The number of hydrogen-bond donors (Lipinski definition) is 0. The van der Waals surface area contributed by atoms with Crippen molar-refractivity contribution in [2.24, 2.45) is 0 Å². The zero-order chi connectivity index (χ0) is 5.86. The lowest BCUT2D eigenvalue weighted by molar-refractivity contribution is 0.204. The molecule has 42 valence electrons. The molecule has 0 heterocycles. The van der Waals surface area contributed by atoms with Gasteiger partial charge < -0.3 is 0 Å². The molecule has 4 heteroatoms. The highest BCUT2D eigenvalue weighted by Gasteiger charge is 1.94. The summed E-state index contributed by atoms with van der Waals surface area (Å²) in [5.41, 5.74) is 0. The molecule has 0 aromatic carbocycles. The van der Waals surface area contributed by atoms with Crippen LogP contribution in [-0.2, 0) is 0 Å². The van der Waals surface area contributed by atoms with Gasteiger partial charge in [0.1, 0.15) is 4.49 Å². The first kappa shape index (κ1) is 7.18. The molecule has 0 amide bonds. The van der Waals surface area contributed by atoms with Crippen molar-refractivity contribution in [3.8, 4) is 0 Å². The smallest absolute Gasteiger partial charge is 0.206 e. The summed E-state index contributed by atoms with van der Waals surface area (Å²) in [6.07, 6.45) is -2.10. The highest BCUT2D eigenvalue weighted by Crippen LogP contribution is 2.09. The van der Waals surface area contributed by atoms with Crippen molar-refractivity contribution >= 4 is 23.2 Å². The summed E-state index contributed by atoms with van der Waals surface area (Å²) < 4.78 is 21.7. The summed E-state index contributed by atoms with van der Waals surface area (Å²) >= 11 is 9.64. The average molecular weight is 147 g/mol. The topological polar surface area (TPSA) is 0 Å². The van der Waals surface area contributed by atoms with Gasteiger partial charge in [0, 0.05) is 6.08 Å². The first-order valence-electron chi connectivity index (χ1n) is 1.44. The van der Waals surface area contributed by atoms with E-state index in [1.54, 1.807) is 0 Å². The standard InChI is InChI=1S/C3H2Cl2F2/c4-2(5)1-3(6)7/h1,3H. The maximum Gasteiger partial charge on any atom is 0.259 e. The maximum absolute atomic E-state index is 11.0. The SMILES string of the molecule is FC(F)C=C(Cl)Cl. The second kappa shape index (κ2) is 3.22. The zero-order valence-corrected chi connectivity index (χ0v) is 4.68. The molecule has 0 rings (SSSR count). The van der Waals surface area contributed by atoms with Gasteiger partial charge in [-0.15, -0.1) is 0 Å². The van der Waals surface area contributed by atoms with Crippen molar-refractivity contribution in [2.45, 2.75) is 6.43 Å². The van der Waals surface area contributed by atoms with Crippen LogP contribution in [0.3, 0.4) is 0 Å². The van der Waals surface area contributed by atoms with Gasteiger partial charge >= 0.3 is 0 Å². The molecular weight excluding hydrogens is 145 g/mol. The second-order valence-corrected chi connectivity index (χ2v) is 1.80. The zero-order valence-electron chi connectivity index (χ0n) is 3.17. The number of hydrogen-bond acceptors (Lipinski definition) is 0. The van der Waals surface area contributed by atoms with Gasteiger partial charge in [0.2, 0.25) is 0 Å². The third kappa shape index (κ3) is 6.18. The third-order valence-corrected chi connectivity index (χ3v) is 0.504. The molecule has 0 unspecified atom stereocenters. The molecule has 0 atom stereocenters. The molecule has 0 aromatic heterocycles. The first-order chi connectivity index (χ1) is 3.13. The van der Waals surface area contributed by atoms with E-state index in [2.05, 4.69) is 0 Å². The van der Waals surface area contributed by atoms with Crippen LogP contribution in [0.25, 0.3) is 0 Å². The fourth-order valence-electron chi connectivity index (χ4n) is 0.0952. The van der Waals surface area contributed by atoms with E-state index in [9.17, 15) is 8.78 Å². The van der Waals surface area contributed by atoms with Gasteiger partial charge in [-0.2, -0.15) is 0 Å². The van der Waals surface area contributed by atoms with Crippen LogP contribution in [0.1, 0.15) is 0 Å². The Morgan fingerprint density at radius 3 is 1.86 bits per heavy atom. The van der Waals surface area contributed by atoms with Crippen LogP contribution in [0.4, 0.5) is 8.78 Å². The van der Waals surface area contributed by atoms with Gasteiger partial charge in [0.05, 0.1) is 0 Å². The Bertz CT molecular complexity index is 75.0. The van der Waals surface area contributed by atoms with E-state index in [1.807, 2.05) is 0 Å². The van der Waals surface area contributed by atoms with Crippen LogP contribution in [0, 0.1) is 0 Å². The molecule has 0 aliphatic heterocycles. The number of alkyl halides is 2. The Morgan fingerprint density at radius 1 is 1.43 bits per heavy atom. The van der Waals surface area contributed by atoms with Crippen molar-refractivity contribution in [2.75, 3.05) is 0 Å². The van der Waals surface area contributed by atoms with Crippen molar-refractivity contribution in [1.82, 2.24) is 0 Å². The highest BCUT2D eigenvalue weighted by molar-refractivity contribution is 6.55. The molecule has 0 saturated carbocycles. The van der Waals surface area contributed by atoms with Crippen LogP contribution >= 0.6 is 23.2 Å². The summed E-state index contributed by atoms with van der Waals surface area (Å²) in [4.78, 5) is 0. The van der Waals surface area contributed by atoms with E-state index in [1.165, 1.54) is 0 Å². The van der Waals surface area contributed by atoms with E-state index in [4.69, 9.17) is 23.2 Å². The quantitative estimate of drug-likeness (QED) is 0.534. The van der Waals surface area contributed by atoms with Crippen molar-refractivity contribution in [1.29, 1.82) is 0 Å². The van der Waals surface area contributed by atoms with Gasteiger partial charge in [-0.1, -0.05) is 23.2 Å². The summed E-state index contributed by atoms with van der Waals surface area (Å²) in [5, 5.41) is 0. The van der Waals surface area contributed by atoms with Crippen molar-refractivity contribution < 1.29 is 8.78 Å². The molecule has 0 aromatic rings. The summed E-state index contributed by atoms with van der Waals surface area (Å²) in [5.74, 6) is 0. The van der Waals surface area contributed by atoms with Gasteiger partial charge in [-0.3, -0.25) is 0 Å². The monoisotopic (exact) mass is 146 g/mol. The lowest BCUT2D eigenvalue weighted by atomic mass is 10.7. The van der Waals surface area contributed by atoms with Gasteiger partial charge in [0.25, 0.3) is 6.43 Å². The lowest BCUT2D eigenvalue weighted by Crippen LogP contribution is -1.78. The van der Waals surface area contributed by atoms with Crippen molar-refractivity contribution in [3.05, 3.63) is 10.6 Å². The van der Waals surface area contributed by atoms with E-state index in [0.717, 1.165) is 0 Å². The van der Waals surface area contributed by atoms with Gasteiger partial charge in [0.15, 0.2) is 0 Å². The Hall–Kier alpha value is 0.180. The Kier molecular flexibility index (Phi) is 3.30. The molecule has 0 spiro atoms. The summed E-state index contributed by atoms with van der Waals surface area (Å²) in [7, 11) is 0. The molecule has 0 saturated heterocycles. The summed E-state index contributed by atoms with van der Waals surface area (Å²) in [6.45, 7) is 0. The predicted molar refractivity (Wildman–Crippen MR) is 25.8 cm³/mol. The second-order valence-electron chi connectivity index (χ2n) is 0.791. The predicted octanol–water partition coefficient (Wildman–Crippen LogP) is 2.57. The minimum atomic E-state index is -2.55.